The Morgan fingerprint density at radius 2 is 1.57 bits per heavy atom. The summed E-state index contributed by atoms with van der Waals surface area (Å²) in [4.78, 5) is 0. The molecule has 70 valence electrons. The maximum Gasteiger partial charge on any atom is 0.00573 e. The van der Waals surface area contributed by atoms with Crippen LogP contribution in [0.15, 0.2) is 48.5 Å². The van der Waals surface area contributed by atoms with Gasteiger partial charge >= 0.3 is 0 Å². The van der Waals surface area contributed by atoms with Gasteiger partial charge in [0.1, 0.15) is 0 Å². The van der Waals surface area contributed by atoms with Gasteiger partial charge in [-0.1, -0.05) is 48.2 Å². The molecular weight excluding hydrogens is 287 g/mol. The largest absolute Gasteiger partial charge is 0.872 e. The monoisotopic (exact) mass is 295 g/mol. The topological polar surface area (TPSA) is 23.1 Å². The third kappa shape index (κ3) is 1.90. The van der Waals surface area contributed by atoms with E-state index in [-0.39, 0.29) is 5.75 Å². The van der Waals surface area contributed by atoms with E-state index in [0.29, 0.717) is 0 Å². The summed E-state index contributed by atoms with van der Waals surface area (Å²) in [6.07, 6.45) is 0. The second kappa shape index (κ2) is 4.00. The van der Waals surface area contributed by atoms with E-state index in [2.05, 4.69) is 22.6 Å². The molecule has 0 spiro atoms. The van der Waals surface area contributed by atoms with Crippen LogP contribution in [0.25, 0.3) is 11.1 Å². The zero-order valence-electron chi connectivity index (χ0n) is 7.41. The first-order valence-electron chi connectivity index (χ1n) is 4.29. The van der Waals surface area contributed by atoms with E-state index in [0.717, 1.165) is 14.7 Å². The smallest absolute Gasteiger partial charge is 0.00573 e. The highest BCUT2D eigenvalue weighted by molar-refractivity contribution is 14.1. The fraction of sp³-hybridized carbons (Fsp3) is 0. The van der Waals surface area contributed by atoms with Crippen LogP contribution in [0, 0.1) is 3.57 Å². The maximum absolute atomic E-state index is 11.2. The molecule has 2 rings (SSSR count). The molecule has 0 unspecified atom stereocenters. The predicted octanol–water partition coefficient (Wildman–Crippen LogP) is 3.03. The van der Waals surface area contributed by atoms with Crippen molar-refractivity contribution in [3.05, 3.63) is 52.1 Å². The molecular formula is C12H8IO-. The molecule has 14 heavy (non-hydrogen) atoms. The van der Waals surface area contributed by atoms with Gasteiger partial charge in [0.15, 0.2) is 0 Å². The third-order valence-corrected chi connectivity index (χ3v) is 2.88. The number of halogens is 1. The lowest BCUT2D eigenvalue weighted by atomic mass is 10.1. The summed E-state index contributed by atoms with van der Waals surface area (Å²) in [5, 5.41) is 11.2. The Morgan fingerprint density at radius 1 is 0.857 bits per heavy atom. The molecule has 0 radical (unpaired) electrons. The van der Waals surface area contributed by atoms with E-state index in [9.17, 15) is 5.11 Å². The summed E-state index contributed by atoms with van der Waals surface area (Å²) >= 11 is 2.06. The Balaban J connectivity index is 2.48. The molecule has 2 aromatic rings. The van der Waals surface area contributed by atoms with E-state index in [1.54, 1.807) is 6.07 Å². The van der Waals surface area contributed by atoms with Gasteiger partial charge in [-0.25, -0.2) is 0 Å². The van der Waals surface area contributed by atoms with E-state index >= 15 is 0 Å². The fourth-order valence-electron chi connectivity index (χ4n) is 1.31. The van der Waals surface area contributed by atoms with Crippen LogP contribution in [0.5, 0.6) is 5.75 Å². The van der Waals surface area contributed by atoms with Crippen molar-refractivity contribution >= 4 is 22.6 Å². The quantitative estimate of drug-likeness (QED) is 0.742. The van der Waals surface area contributed by atoms with Crippen molar-refractivity contribution in [2.75, 3.05) is 0 Å². The maximum atomic E-state index is 11.2. The fourth-order valence-corrected chi connectivity index (χ4v) is 1.83. The lowest BCUT2D eigenvalue weighted by Gasteiger charge is -2.10. The Kier molecular flexibility index (Phi) is 2.72. The van der Waals surface area contributed by atoms with Gasteiger partial charge in [0.05, 0.1) is 0 Å². The average Bonchev–Trinajstić information content (AvgIpc) is 2.23. The van der Waals surface area contributed by atoms with Crippen molar-refractivity contribution in [2.45, 2.75) is 0 Å². The molecule has 0 heterocycles. The van der Waals surface area contributed by atoms with Crippen molar-refractivity contribution in [3.8, 4) is 16.9 Å². The first-order chi connectivity index (χ1) is 6.77. The molecule has 2 heteroatoms. The molecule has 0 amide bonds. The van der Waals surface area contributed by atoms with Crippen LogP contribution in [0.3, 0.4) is 0 Å². The summed E-state index contributed by atoms with van der Waals surface area (Å²) < 4.78 is 0.768. The molecule has 0 bridgehead atoms. The average molecular weight is 295 g/mol. The van der Waals surface area contributed by atoms with E-state index in [1.165, 1.54) is 0 Å². The van der Waals surface area contributed by atoms with Crippen LogP contribution >= 0.6 is 22.6 Å². The highest BCUT2D eigenvalue weighted by Gasteiger charge is 1.96. The lowest BCUT2D eigenvalue weighted by molar-refractivity contribution is -0.269. The molecule has 0 aliphatic rings. The molecule has 0 atom stereocenters. The van der Waals surface area contributed by atoms with Crippen molar-refractivity contribution in [1.82, 2.24) is 0 Å². The Labute approximate surface area is 96.5 Å². The predicted molar refractivity (Wildman–Crippen MR) is 64.0 cm³/mol. The lowest BCUT2D eigenvalue weighted by Crippen LogP contribution is -1.92. The van der Waals surface area contributed by atoms with Gasteiger partial charge in [-0.3, -0.25) is 0 Å². The van der Waals surface area contributed by atoms with Gasteiger partial charge < -0.3 is 5.11 Å². The van der Waals surface area contributed by atoms with Crippen LogP contribution in [0.1, 0.15) is 0 Å². The molecule has 0 aliphatic heterocycles. The van der Waals surface area contributed by atoms with Gasteiger partial charge in [-0.15, -0.1) is 0 Å². The minimum Gasteiger partial charge on any atom is -0.872 e. The zero-order chi connectivity index (χ0) is 9.97. The summed E-state index contributed by atoms with van der Waals surface area (Å²) in [6.45, 7) is 0. The summed E-state index contributed by atoms with van der Waals surface area (Å²) in [6, 6.07) is 15.4. The van der Waals surface area contributed by atoms with Crippen LogP contribution in [0.2, 0.25) is 0 Å². The molecule has 0 saturated heterocycles. The van der Waals surface area contributed by atoms with Crippen molar-refractivity contribution in [1.29, 1.82) is 0 Å². The van der Waals surface area contributed by atoms with Gasteiger partial charge in [0.2, 0.25) is 0 Å². The van der Waals surface area contributed by atoms with Gasteiger partial charge in [-0.05, 0) is 39.8 Å². The minimum atomic E-state index is 0.0882. The van der Waals surface area contributed by atoms with Gasteiger partial charge in [-0.2, -0.15) is 0 Å². The van der Waals surface area contributed by atoms with Crippen LogP contribution in [0.4, 0.5) is 0 Å². The van der Waals surface area contributed by atoms with E-state index in [1.807, 2.05) is 42.5 Å². The molecule has 0 N–H and O–H groups in total. The Hall–Kier alpha value is -1.03. The molecule has 0 aromatic heterocycles. The zero-order valence-corrected chi connectivity index (χ0v) is 9.56. The van der Waals surface area contributed by atoms with Crippen LogP contribution in [-0.4, -0.2) is 0 Å². The Bertz CT molecular complexity index is 437. The van der Waals surface area contributed by atoms with Crippen molar-refractivity contribution in [2.24, 2.45) is 0 Å². The summed E-state index contributed by atoms with van der Waals surface area (Å²) in [5.74, 6) is 0.0882. The molecule has 2 aromatic carbocycles. The minimum absolute atomic E-state index is 0.0882. The summed E-state index contributed by atoms with van der Waals surface area (Å²) in [5.41, 5.74) is 2.24. The molecule has 0 aliphatic carbocycles. The van der Waals surface area contributed by atoms with Crippen LogP contribution < -0.4 is 5.11 Å². The second-order valence-electron chi connectivity index (χ2n) is 3.01. The molecule has 0 saturated carbocycles. The second-order valence-corrected chi connectivity index (χ2v) is 4.17. The van der Waals surface area contributed by atoms with Gasteiger partial charge in [0, 0.05) is 3.57 Å². The third-order valence-electron chi connectivity index (χ3n) is 2.04. The highest BCUT2D eigenvalue weighted by atomic mass is 127. The first-order valence-corrected chi connectivity index (χ1v) is 5.37. The highest BCUT2D eigenvalue weighted by Crippen LogP contribution is 2.25. The van der Waals surface area contributed by atoms with Gasteiger partial charge in [0.25, 0.3) is 0 Å². The standard InChI is InChI=1S/C12H9IO/c13-11-8-10(6-7-12(11)14)9-4-2-1-3-5-9/h1-8,14H/p-1. The summed E-state index contributed by atoms with van der Waals surface area (Å²) in [7, 11) is 0. The SMILES string of the molecule is [O-]c1ccc(-c2ccccc2)cc1I. The van der Waals surface area contributed by atoms with Crippen molar-refractivity contribution < 1.29 is 5.11 Å². The normalized spacial score (nSPS) is 10.1. The van der Waals surface area contributed by atoms with Crippen LogP contribution in [-0.2, 0) is 0 Å². The van der Waals surface area contributed by atoms with E-state index in [4.69, 9.17) is 0 Å². The van der Waals surface area contributed by atoms with E-state index < -0.39 is 0 Å². The number of benzene rings is 2. The molecule has 1 nitrogen and oxygen atoms in total. The van der Waals surface area contributed by atoms with Crippen molar-refractivity contribution in [3.63, 3.8) is 0 Å². The molecule has 0 fully saturated rings. The number of rotatable bonds is 1. The first kappa shape index (κ1) is 9.52. The number of hydrogen-bond donors (Lipinski definition) is 0. The number of hydrogen-bond acceptors (Lipinski definition) is 1. The Morgan fingerprint density at radius 3 is 2.21 bits per heavy atom.